The molecule has 1 aliphatic heterocycles. The summed E-state index contributed by atoms with van der Waals surface area (Å²) in [6, 6.07) is 3.19. The Hall–Kier alpha value is -0.470. The zero-order valence-electron chi connectivity index (χ0n) is 11.7. The van der Waals surface area contributed by atoms with Gasteiger partial charge in [-0.25, -0.2) is 13.1 Å². The molecule has 1 aromatic heterocycles. The topological polar surface area (TPSA) is 69.6 Å². The first kappa shape index (κ1) is 15.9. The van der Waals surface area contributed by atoms with Crippen molar-refractivity contribution in [2.75, 3.05) is 26.2 Å². The minimum absolute atomic E-state index is 0.119. The van der Waals surface area contributed by atoms with E-state index in [1.807, 2.05) is 0 Å². The maximum atomic E-state index is 12.1. The van der Waals surface area contributed by atoms with Crippen LogP contribution in [0.4, 0.5) is 0 Å². The highest BCUT2D eigenvalue weighted by atomic mass is 32.2. The highest BCUT2D eigenvalue weighted by Gasteiger charge is 2.19. The standard InChI is InChI=1S/C13H22N2O3S2/c1-11(9-15-6-2-3-7-15)8-14-20(17,18)13-5-4-12(10-16)19-13/h4-5,11,14,16H,2-3,6-10H2,1H3. The zero-order chi connectivity index (χ0) is 14.6. The number of nitrogens with zero attached hydrogens (tertiary/aromatic N) is 1. The van der Waals surface area contributed by atoms with Gasteiger partial charge < -0.3 is 10.0 Å². The van der Waals surface area contributed by atoms with Crippen molar-refractivity contribution >= 4 is 21.4 Å². The number of hydrogen-bond acceptors (Lipinski definition) is 5. The summed E-state index contributed by atoms with van der Waals surface area (Å²) in [5.74, 6) is 0.292. The van der Waals surface area contributed by atoms with Gasteiger partial charge in [0.05, 0.1) is 6.61 Å². The molecule has 1 fully saturated rings. The van der Waals surface area contributed by atoms with Crippen molar-refractivity contribution in [3.63, 3.8) is 0 Å². The number of hydrogen-bond donors (Lipinski definition) is 2. The summed E-state index contributed by atoms with van der Waals surface area (Å²) in [5.41, 5.74) is 0. The first-order valence-electron chi connectivity index (χ1n) is 6.93. The van der Waals surface area contributed by atoms with Crippen molar-refractivity contribution in [1.29, 1.82) is 0 Å². The fraction of sp³-hybridized carbons (Fsp3) is 0.692. The third kappa shape index (κ3) is 4.26. The van der Waals surface area contributed by atoms with Crippen molar-refractivity contribution in [2.45, 2.75) is 30.6 Å². The summed E-state index contributed by atoms with van der Waals surface area (Å²) in [7, 11) is -3.44. The van der Waals surface area contributed by atoms with Crippen LogP contribution < -0.4 is 4.72 Å². The molecule has 2 rings (SSSR count). The third-order valence-corrected chi connectivity index (χ3v) is 6.43. The van der Waals surface area contributed by atoms with Gasteiger partial charge in [0.15, 0.2) is 0 Å². The van der Waals surface area contributed by atoms with Crippen LogP contribution in [0.15, 0.2) is 16.3 Å². The van der Waals surface area contributed by atoms with Crippen LogP contribution in [0.2, 0.25) is 0 Å². The Morgan fingerprint density at radius 3 is 2.70 bits per heavy atom. The summed E-state index contributed by atoms with van der Waals surface area (Å²) < 4.78 is 27.1. The molecule has 1 atom stereocenters. The molecule has 7 heteroatoms. The number of sulfonamides is 1. The number of likely N-dealkylation sites (tertiary alicyclic amines) is 1. The molecule has 0 spiro atoms. The Labute approximate surface area is 124 Å². The summed E-state index contributed by atoms with van der Waals surface area (Å²) in [6.07, 6.45) is 2.50. The number of aliphatic hydroxyl groups is 1. The lowest BCUT2D eigenvalue weighted by Gasteiger charge is -2.20. The Bertz CT molecular complexity index is 521. The lowest BCUT2D eigenvalue weighted by atomic mass is 10.2. The fourth-order valence-electron chi connectivity index (χ4n) is 2.38. The second-order valence-electron chi connectivity index (χ2n) is 5.34. The largest absolute Gasteiger partial charge is 0.391 e. The van der Waals surface area contributed by atoms with Gasteiger partial charge in [-0.2, -0.15) is 0 Å². The van der Waals surface area contributed by atoms with Gasteiger partial charge in [0.1, 0.15) is 4.21 Å². The van der Waals surface area contributed by atoms with E-state index in [1.165, 1.54) is 12.8 Å². The summed E-state index contributed by atoms with van der Waals surface area (Å²) >= 11 is 1.11. The molecule has 0 aromatic carbocycles. The third-order valence-electron chi connectivity index (χ3n) is 3.45. The van der Waals surface area contributed by atoms with Gasteiger partial charge in [0, 0.05) is 18.0 Å². The lowest BCUT2D eigenvalue weighted by molar-refractivity contribution is 0.285. The quantitative estimate of drug-likeness (QED) is 0.794. The van der Waals surface area contributed by atoms with E-state index in [9.17, 15) is 8.42 Å². The van der Waals surface area contributed by atoms with Crippen LogP contribution in [0, 0.1) is 5.92 Å². The molecule has 0 amide bonds. The van der Waals surface area contributed by atoms with E-state index in [2.05, 4.69) is 16.5 Å². The van der Waals surface area contributed by atoms with Crippen molar-refractivity contribution in [1.82, 2.24) is 9.62 Å². The van der Waals surface area contributed by atoms with Crippen molar-refractivity contribution in [3.05, 3.63) is 17.0 Å². The van der Waals surface area contributed by atoms with Gasteiger partial charge in [0.2, 0.25) is 10.0 Å². The predicted octanol–water partition coefficient (Wildman–Crippen LogP) is 1.25. The van der Waals surface area contributed by atoms with E-state index >= 15 is 0 Å². The number of aliphatic hydroxyl groups excluding tert-OH is 1. The van der Waals surface area contributed by atoms with Crippen LogP contribution in [0.5, 0.6) is 0 Å². The number of nitrogens with one attached hydrogen (secondary N) is 1. The Balaban J connectivity index is 1.85. The predicted molar refractivity (Wildman–Crippen MR) is 80.3 cm³/mol. The molecular formula is C13H22N2O3S2. The molecule has 1 aliphatic rings. The average Bonchev–Trinajstić information content (AvgIpc) is 3.07. The van der Waals surface area contributed by atoms with Crippen molar-refractivity contribution in [3.8, 4) is 0 Å². The molecule has 20 heavy (non-hydrogen) atoms. The van der Waals surface area contributed by atoms with E-state index in [4.69, 9.17) is 5.11 Å². The van der Waals surface area contributed by atoms with E-state index in [0.717, 1.165) is 31.0 Å². The molecule has 1 aromatic rings. The first-order valence-corrected chi connectivity index (χ1v) is 9.23. The SMILES string of the molecule is CC(CNS(=O)(=O)c1ccc(CO)s1)CN1CCCC1. The van der Waals surface area contributed by atoms with Gasteiger partial charge in [-0.3, -0.25) is 0 Å². The molecule has 0 bridgehead atoms. The Morgan fingerprint density at radius 2 is 2.10 bits per heavy atom. The van der Waals surface area contributed by atoms with Crippen LogP contribution in [0.3, 0.4) is 0 Å². The summed E-state index contributed by atoms with van der Waals surface area (Å²) in [4.78, 5) is 3.05. The molecule has 2 N–H and O–H groups in total. The monoisotopic (exact) mass is 318 g/mol. The van der Waals surface area contributed by atoms with Crippen molar-refractivity contribution in [2.24, 2.45) is 5.92 Å². The van der Waals surface area contributed by atoms with Crippen LogP contribution in [0.1, 0.15) is 24.6 Å². The second kappa shape index (κ2) is 7.00. The minimum atomic E-state index is -3.44. The fourth-order valence-corrected chi connectivity index (χ4v) is 4.81. The first-order chi connectivity index (χ1) is 9.51. The molecule has 0 radical (unpaired) electrons. The Morgan fingerprint density at radius 1 is 1.40 bits per heavy atom. The zero-order valence-corrected chi connectivity index (χ0v) is 13.3. The van der Waals surface area contributed by atoms with Gasteiger partial charge in [-0.1, -0.05) is 6.92 Å². The Kier molecular flexibility index (Phi) is 5.57. The molecule has 1 unspecified atom stereocenters. The van der Waals surface area contributed by atoms with E-state index in [-0.39, 0.29) is 10.8 Å². The highest BCUT2D eigenvalue weighted by molar-refractivity contribution is 7.91. The van der Waals surface area contributed by atoms with E-state index < -0.39 is 10.0 Å². The van der Waals surface area contributed by atoms with Crippen LogP contribution in [-0.2, 0) is 16.6 Å². The number of rotatable bonds is 7. The molecule has 2 heterocycles. The minimum Gasteiger partial charge on any atom is -0.391 e. The van der Waals surface area contributed by atoms with Crippen LogP contribution in [0.25, 0.3) is 0 Å². The van der Waals surface area contributed by atoms with E-state index in [1.54, 1.807) is 12.1 Å². The van der Waals surface area contributed by atoms with Crippen LogP contribution in [-0.4, -0.2) is 44.6 Å². The molecular weight excluding hydrogens is 296 g/mol. The smallest absolute Gasteiger partial charge is 0.250 e. The summed E-state index contributed by atoms with van der Waals surface area (Å²) in [6.45, 7) is 5.59. The second-order valence-corrected chi connectivity index (χ2v) is 8.51. The summed E-state index contributed by atoms with van der Waals surface area (Å²) in [5, 5.41) is 8.98. The lowest BCUT2D eigenvalue weighted by Crippen LogP contribution is -2.34. The molecule has 5 nitrogen and oxygen atoms in total. The number of thiophene rings is 1. The van der Waals surface area contributed by atoms with Gasteiger partial charge in [-0.05, 0) is 44.0 Å². The normalized spacial score (nSPS) is 18.5. The highest BCUT2D eigenvalue weighted by Crippen LogP contribution is 2.21. The average molecular weight is 318 g/mol. The maximum Gasteiger partial charge on any atom is 0.250 e. The van der Waals surface area contributed by atoms with E-state index in [0.29, 0.717) is 17.3 Å². The molecule has 0 aliphatic carbocycles. The molecule has 0 saturated carbocycles. The van der Waals surface area contributed by atoms with Gasteiger partial charge in [0.25, 0.3) is 0 Å². The van der Waals surface area contributed by atoms with Gasteiger partial charge >= 0.3 is 0 Å². The van der Waals surface area contributed by atoms with Crippen LogP contribution >= 0.6 is 11.3 Å². The molecule has 1 saturated heterocycles. The van der Waals surface area contributed by atoms with Crippen molar-refractivity contribution < 1.29 is 13.5 Å². The molecule has 114 valence electrons. The van der Waals surface area contributed by atoms with Gasteiger partial charge in [-0.15, -0.1) is 11.3 Å². The maximum absolute atomic E-state index is 12.1.